The summed E-state index contributed by atoms with van der Waals surface area (Å²) in [5.41, 5.74) is 1.73. The van der Waals surface area contributed by atoms with Gasteiger partial charge in [-0.3, -0.25) is 9.59 Å². The van der Waals surface area contributed by atoms with Gasteiger partial charge in [0.15, 0.2) is 5.82 Å². The van der Waals surface area contributed by atoms with Crippen LogP contribution in [0.3, 0.4) is 0 Å². The molecule has 0 spiro atoms. The molecule has 3 aromatic carbocycles. The number of carbonyl (C=O) groups is 2. The maximum atomic E-state index is 13.0. The molecule has 4 aromatic rings. The highest BCUT2D eigenvalue weighted by Gasteiger charge is 2.21. The maximum Gasteiger partial charge on any atom is 0.235 e. The van der Waals surface area contributed by atoms with Gasteiger partial charge in [0.2, 0.25) is 11.7 Å². The molecule has 4 rings (SSSR count). The number of anilines is 1. The fourth-order valence-electron chi connectivity index (χ4n) is 3.21. The molecule has 1 amide bonds. The third kappa shape index (κ3) is 4.35. The van der Waals surface area contributed by atoms with Crippen LogP contribution in [-0.2, 0) is 11.3 Å². The van der Waals surface area contributed by atoms with Crippen molar-refractivity contribution in [3.63, 3.8) is 0 Å². The van der Waals surface area contributed by atoms with E-state index in [1.54, 1.807) is 11.0 Å². The van der Waals surface area contributed by atoms with Crippen molar-refractivity contribution >= 4 is 28.2 Å². The quantitative estimate of drug-likeness (QED) is 0.366. The molecule has 0 aliphatic rings. The van der Waals surface area contributed by atoms with Crippen LogP contribution >= 0.6 is 0 Å². The van der Waals surface area contributed by atoms with Gasteiger partial charge in [0.1, 0.15) is 0 Å². The van der Waals surface area contributed by atoms with E-state index in [-0.39, 0.29) is 18.2 Å². The first-order valence-electron chi connectivity index (χ1n) is 9.34. The summed E-state index contributed by atoms with van der Waals surface area (Å²) in [5, 5.41) is 2.25. The van der Waals surface area contributed by atoms with E-state index in [1.165, 1.54) is 12.4 Å². The number of nitrogens with zero attached hydrogens (tertiary/aromatic N) is 3. The van der Waals surface area contributed by atoms with Crippen molar-refractivity contribution in [2.45, 2.75) is 13.0 Å². The molecular formula is C24H19N3O2. The third-order valence-corrected chi connectivity index (χ3v) is 4.65. The highest BCUT2D eigenvalue weighted by atomic mass is 16.2. The zero-order chi connectivity index (χ0) is 20.1. The van der Waals surface area contributed by atoms with Crippen LogP contribution in [0.1, 0.15) is 22.6 Å². The van der Waals surface area contributed by atoms with Gasteiger partial charge >= 0.3 is 0 Å². The molecule has 0 aliphatic carbocycles. The Morgan fingerprint density at radius 1 is 0.759 bits per heavy atom. The fraction of sp³-hybridized carbons (Fsp3) is 0.0833. The Kier molecular flexibility index (Phi) is 5.38. The molecule has 0 saturated heterocycles. The van der Waals surface area contributed by atoms with E-state index in [1.807, 2.05) is 60.7 Å². The van der Waals surface area contributed by atoms with Crippen molar-refractivity contribution in [1.29, 1.82) is 0 Å². The van der Waals surface area contributed by atoms with Gasteiger partial charge in [-0.25, -0.2) is 9.97 Å². The lowest BCUT2D eigenvalue weighted by atomic mass is 10.1. The van der Waals surface area contributed by atoms with Gasteiger partial charge in [0.25, 0.3) is 0 Å². The predicted molar refractivity (Wildman–Crippen MR) is 113 cm³/mol. The Bertz CT molecular complexity index is 1140. The lowest BCUT2D eigenvalue weighted by molar-refractivity contribution is -0.117. The van der Waals surface area contributed by atoms with Crippen molar-refractivity contribution in [2.75, 3.05) is 4.90 Å². The van der Waals surface area contributed by atoms with Crippen LogP contribution in [0.4, 0.5) is 5.69 Å². The number of carbonyl (C=O) groups excluding carboxylic acids is 2. The van der Waals surface area contributed by atoms with E-state index < -0.39 is 5.78 Å². The van der Waals surface area contributed by atoms with Gasteiger partial charge in [0, 0.05) is 18.1 Å². The van der Waals surface area contributed by atoms with Crippen molar-refractivity contribution in [3.8, 4) is 0 Å². The first-order chi connectivity index (χ1) is 14.2. The first kappa shape index (κ1) is 18.5. The zero-order valence-electron chi connectivity index (χ0n) is 15.7. The standard InChI is InChI=1S/C24H19N3O2/c28-22(24-25-13-6-14-26-24)16-23(29)27(21-9-2-1-3-10-21)17-18-11-12-19-7-4-5-8-20(19)15-18/h1-15H,16-17H2. The molecule has 0 bridgehead atoms. The molecule has 29 heavy (non-hydrogen) atoms. The molecule has 0 N–H and O–H groups in total. The predicted octanol–water partition coefficient (Wildman–Crippen LogP) is 4.44. The van der Waals surface area contributed by atoms with Gasteiger partial charge in [-0.05, 0) is 40.6 Å². The molecule has 1 heterocycles. The molecule has 0 saturated carbocycles. The van der Waals surface area contributed by atoms with Gasteiger partial charge in [-0.15, -0.1) is 0 Å². The molecule has 0 atom stereocenters. The van der Waals surface area contributed by atoms with E-state index >= 15 is 0 Å². The number of fused-ring (bicyclic) bond motifs is 1. The summed E-state index contributed by atoms with van der Waals surface area (Å²) in [6.45, 7) is 0.372. The van der Waals surface area contributed by atoms with Crippen molar-refractivity contribution < 1.29 is 9.59 Å². The minimum absolute atomic E-state index is 0.0552. The molecule has 0 radical (unpaired) electrons. The van der Waals surface area contributed by atoms with Crippen LogP contribution in [0, 0.1) is 0 Å². The lowest BCUT2D eigenvalue weighted by Gasteiger charge is -2.23. The largest absolute Gasteiger partial charge is 0.308 e. The smallest absolute Gasteiger partial charge is 0.235 e. The number of hydrogen-bond donors (Lipinski definition) is 0. The van der Waals surface area contributed by atoms with Crippen LogP contribution in [0.15, 0.2) is 91.3 Å². The summed E-state index contributed by atoms with van der Waals surface area (Å²) in [6, 6.07) is 25.2. The molecule has 5 nitrogen and oxygen atoms in total. The van der Waals surface area contributed by atoms with Gasteiger partial charge in [0.05, 0.1) is 13.0 Å². The minimum atomic E-state index is -0.393. The summed E-state index contributed by atoms with van der Waals surface area (Å²) in [5.74, 6) is -0.628. The highest BCUT2D eigenvalue weighted by molar-refractivity contribution is 6.10. The Balaban J connectivity index is 1.61. The Hall–Kier alpha value is -3.86. The normalized spacial score (nSPS) is 10.6. The van der Waals surface area contributed by atoms with Crippen molar-refractivity contribution in [3.05, 3.63) is 103 Å². The van der Waals surface area contributed by atoms with E-state index in [4.69, 9.17) is 0 Å². The van der Waals surface area contributed by atoms with E-state index in [9.17, 15) is 9.59 Å². The molecule has 0 aliphatic heterocycles. The molecule has 0 unspecified atom stereocenters. The first-order valence-corrected chi connectivity index (χ1v) is 9.34. The number of hydrogen-bond acceptors (Lipinski definition) is 4. The molecule has 1 aromatic heterocycles. The van der Waals surface area contributed by atoms with Crippen LogP contribution in [0.5, 0.6) is 0 Å². The van der Waals surface area contributed by atoms with E-state index in [0.29, 0.717) is 6.54 Å². The molecule has 142 valence electrons. The molecule has 5 heteroatoms. The summed E-state index contributed by atoms with van der Waals surface area (Å²) in [4.78, 5) is 35.0. The molecule has 0 fully saturated rings. The van der Waals surface area contributed by atoms with Gasteiger partial charge in [-0.1, -0.05) is 54.6 Å². The second-order valence-electron chi connectivity index (χ2n) is 6.67. The second kappa shape index (κ2) is 8.44. The Morgan fingerprint density at radius 3 is 2.21 bits per heavy atom. The zero-order valence-corrected chi connectivity index (χ0v) is 15.7. The topological polar surface area (TPSA) is 63.2 Å². The van der Waals surface area contributed by atoms with Crippen molar-refractivity contribution in [1.82, 2.24) is 9.97 Å². The summed E-state index contributed by atoms with van der Waals surface area (Å²) < 4.78 is 0. The monoisotopic (exact) mass is 381 g/mol. The number of rotatable bonds is 6. The van der Waals surface area contributed by atoms with Crippen molar-refractivity contribution in [2.24, 2.45) is 0 Å². The number of aromatic nitrogens is 2. The SMILES string of the molecule is O=C(CC(=O)N(Cc1ccc2ccccc2c1)c1ccccc1)c1ncccn1. The summed E-state index contributed by atoms with van der Waals surface area (Å²) >= 11 is 0. The number of Topliss-reactive ketones (excluding diaryl/α,β-unsaturated/α-hetero) is 1. The fourth-order valence-corrected chi connectivity index (χ4v) is 3.21. The van der Waals surface area contributed by atoms with Crippen LogP contribution in [0.25, 0.3) is 10.8 Å². The lowest BCUT2D eigenvalue weighted by Crippen LogP contribution is -2.32. The maximum absolute atomic E-state index is 13.0. The number of benzene rings is 3. The third-order valence-electron chi connectivity index (χ3n) is 4.65. The average Bonchev–Trinajstić information content (AvgIpc) is 2.78. The number of amides is 1. The summed E-state index contributed by atoms with van der Waals surface area (Å²) in [6.07, 6.45) is 2.70. The van der Waals surface area contributed by atoms with Gasteiger partial charge in [-0.2, -0.15) is 0 Å². The summed E-state index contributed by atoms with van der Waals surface area (Å²) in [7, 11) is 0. The van der Waals surface area contributed by atoms with Crippen LogP contribution in [0.2, 0.25) is 0 Å². The van der Waals surface area contributed by atoms with Crippen LogP contribution in [-0.4, -0.2) is 21.7 Å². The number of ketones is 1. The second-order valence-corrected chi connectivity index (χ2v) is 6.67. The Morgan fingerprint density at radius 2 is 1.45 bits per heavy atom. The average molecular weight is 381 g/mol. The molecular weight excluding hydrogens is 362 g/mol. The van der Waals surface area contributed by atoms with E-state index in [2.05, 4.69) is 22.1 Å². The van der Waals surface area contributed by atoms with Crippen LogP contribution < -0.4 is 4.90 Å². The number of para-hydroxylation sites is 1. The van der Waals surface area contributed by atoms with E-state index in [0.717, 1.165) is 22.0 Å². The Labute approximate surface area is 168 Å². The van der Waals surface area contributed by atoms with Gasteiger partial charge < -0.3 is 4.90 Å². The minimum Gasteiger partial charge on any atom is -0.308 e. The highest BCUT2D eigenvalue weighted by Crippen LogP contribution is 2.21.